The molecule has 0 fully saturated rings. The Kier molecular flexibility index (Phi) is 4.20. The number of ketones is 1. The van der Waals surface area contributed by atoms with Crippen molar-refractivity contribution in [1.82, 2.24) is 14.7 Å². The molecule has 0 saturated carbocycles. The van der Waals surface area contributed by atoms with Gasteiger partial charge in [0, 0.05) is 17.4 Å². The van der Waals surface area contributed by atoms with E-state index >= 15 is 0 Å². The van der Waals surface area contributed by atoms with E-state index < -0.39 is 0 Å². The number of nitrogens with one attached hydrogen (secondary N) is 2. The van der Waals surface area contributed by atoms with E-state index in [0.29, 0.717) is 5.56 Å². The lowest BCUT2D eigenvalue weighted by Gasteiger charge is -2.37. The Labute approximate surface area is 175 Å². The minimum Gasteiger partial charge on any atom is -0.376 e. The molecule has 0 bridgehead atoms. The topological polar surface area (TPSA) is 75.5 Å². The average Bonchev–Trinajstić information content (AvgIpc) is 3.22. The number of Topliss-reactive ketones (excluding diaryl/α,β-unsaturated/α-hetero) is 1. The summed E-state index contributed by atoms with van der Waals surface area (Å²) in [4.78, 5) is 29.1. The van der Waals surface area contributed by atoms with E-state index in [2.05, 4.69) is 34.9 Å². The molecule has 2 aliphatic rings. The summed E-state index contributed by atoms with van der Waals surface area (Å²) in [7, 11) is 0. The van der Waals surface area contributed by atoms with E-state index in [1.165, 1.54) is 18.1 Å². The van der Waals surface area contributed by atoms with Gasteiger partial charge >= 0.3 is 0 Å². The van der Waals surface area contributed by atoms with Gasteiger partial charge in [0.05, 0.1) is 23.5 Å². The lowest BCUT2D eigenvalue weighted by Crippen LogP contribution is -2.43. The summed E-state index contributed by atoms with van der Waals surface area (Å²) in [5.41, 5.74) is 8.18. The molecule has 0 radical (unpaired) electrons. The third-order valence-electron chi connectivity index (χ3n) is 6.66. The standard InChI is InChI=1S/C24H26N4O2/c1-14(29)12-25-23(30)20-13-28-16(3)15(2)26-22(28)21-19(20)8-9-24(27-21)10-17-6-4-5-7-18(17)11-24/h4-7,13,27H,8-12H2,1-3H3,(H,25,30). The molecule has 2 aromatic heterocycles. The molecular formula is C24H26N4O2. The molecule has 0 saturated heterocycles. The molecule has 0 unspecified atom stereocenters. The number of carbonyl (C=O) groups is 2. The number of rotatable bonds is 3. The fourth-order valence-corrected chi connectivity index (χ4v) is 4.98. The lowest BCUT2D eigenvalue weighted by molar-refractivity contribution is -0.116. The average molecular weight is 402 g/mol. The molecular weight excluding hydrogens is 376 g/mol. The Balaban J connectivity index is 1.61. The van der Waals surface area contributed by atoms with Crippen molar-refractivity contribution in [3.8, 4) is 0 Å². The zero-order valence-electron chi connectivity index (χ0n) is 17.6. The maximum absolute atomic E-state index is 12.9. The first kappa shape index (κ1) is 18.9. The van der Waals surface area contributed by atoms with Crippen molar-refractivity contribution < 1.29 is 9.59 Å². The minimum absolute atomic E-state index is 0.0419. The number of carbonyl (C=O) groups excluding carboxylic acids is 2. The lowest BCUT2D eigenvalue weighted by atomic mass is 9.82. The smallest absolute Gasteiger partial charge is 0.253 e. The van der Waals surface area contributed by atoms with Crippen molar-refractivity contribution in [3.05, 3.63) is 64.1 Å². The molecule has 30 heavy (non-hydrogen) atoms. The van der Waals surface area contributed by atoms with Crippen LogP contribution < -0.4 is 10.6 Å². The quantitative estimate of drug-likeness (QED) is 0.706. The van der Waals surface area contributed by atoms with Gasteiger partial charge in [-0.25, -0.2) is 4.98 Å². The molecule has 154 valence electrons. The second-order valence-electron chi connectivity index (χ2n) is 8.78. The van der Waals surface area contributed by atoms with Gasteiger partial charge in [0.15, 0.2) is 5.65 Å². The van der Waals surface area contributed by atoms with Crippen LogP contribution in [0.4, 0.5) is 5.69 Å². The Morgan fingerprint density at radius 3 is 2.57 bits per heavy atom. The number of nitrogens with zero attached hydrogens (tertiary/aromatic N) is 2. The van der Waals surface area contributed by atoms with Crippen molar-refractivity contribution in [2.75, 3.05) is 11.9 Å². The van der Waals surface area contributed by atoms with E-state index in [-0.39, 0.29) is 23.8 Å². The van der Waals surface area contributed by atoms with Crippen LogP contribution in [0.1, 0.15) is 51.8 Å². The molecule has 1 aliphatic heterocycles. The van der Waals surface area contributed by atoms with Gasteiger partial charge in [0.1, 0.15) is 5.78 Å². The summed E-state index contributed by atoms with van der Waals surface area (Å²) < 4.78 is 2.00. The molecule has 6 nitrogen and oxygen atoms in total. The first-order chi connectivity index (χ1) is 14.4. The second kappa shape index (κ2) is 6.69. The second-order valence-corrected chi connectivity index (χ2v) is 8.78. The van der Waals surface area contributed by atoms with E-state index in [1.54, 1.807) is 0 Å². The van der Waals surface area contributed by atoms with Crippen LogP contribution in [0, 0.1) is 13.8 Å². The van der Waals surface area contributed by atoms with E-state index in [0.717, 1.165) is 54.0 Å². The van der Waals surface area contributed by atoms with E-state index in [1.807, 2.05) is 24.4 Å². The van der Waals surface area contributed by atoms with Crippen LogP contribution >= 0.6 is 0 Å². The highest BCUT2D eigenvalue weighted by Crippen LogP contribution is 2.43. The van der Waals surface area contributed by atoms with Gasteiger partial charge in [0.25, 0.3) is 5.91 Å². The van der Waals surface area contributed by atoms with Gasteiger partial charge in [-0.05, 0) is 63.1 Å². The van der Waals surface area contributed by atoms with Crippen molar-refractivity contribution in [2.45, 2.75) is 52.0 Å². The highest BCUT2D eigenvalue weighted by Gasteiger charge is 2.41. The van der Waals surface area contributed by atoms with Gasteiger partial charge in [-0.2, -0.15) is 0 Å². The molecule has 3 aromatic rings. The minimum atomic E-state index is -0.207. The SMILES string of the molecule is CC(=O)CNC(=O)c1cn2c(C)c(C)nc2c2c1CCC1(Cc3ccccc3C1)N2. The monoisotopic (exact) mass is 402 g/mol. The summed E-state index contributed by atoms with van der Waals surface area (Å²) in [6.07, 6.45) is 5.60. The number of anilines is 1. The largest absolute Gasteiger partial charge is 0.376 e. The van der Waals surface area contributed by atoms with Crippen molar-refractivity contribution in [3.63, 3.8) is 0 Å². The third kappa shape index (κ3) is 2.90. The van der Waals surface area contributed by atoms with Crippen molar-refractivity contribution in [1.29, 1.82) is 0 Å². The normalized spacial score (nSPS) is 16.2. The van der Waals surface area contributed by atoms with Crippen molar-refractivity contribution in [2.24, 2.45) is 0 Å². The number of imidazole rings is 1. The Morgan fingerprint density at radius 2 is 1.90 bits per heavy atom. The highest BCUT2D eigenvalue weighted by molar-refractivity contribution is 6.00. The molecule has 0 atom stereocenters. The molecule has 1 aromatic carbocycles. The number of aromatic nitrogens is 2. The zero-order chi connectivity index (χ0) is 21.0. The molecule has 1 amide bonds. The maximum atomic E-state index is 12.9. The predicted molar refractivity (Wildman–Crippen MR) is 116 cm³/mol. The fraction of sp³-hybridized carbons (Fsp3) is 0.375. The maximum Gasteiger partial charge on any atom is 0.253 e. The first-order valence-corrected chi connectivity index (χ1v) is 10.5. The van der Waals surface area contributed by atoms with E-state index in [4.69, 9.17) is 4.98 Å². The van der Waals surface area contributed by atoms with Crippen molar-refractivity contribution >= 4 is 23.0 Å². The number of aryl methyl sites for hydroxylation is 2. The van der Waals surface area contributed by atoms with Gasteiger partial charge in [-0.1, -0.05) is 24.3 Å². The number of benzene rings is 1. The van der Waals surface area contributed by atoms with Crippen LogP contribution in [-0.4, -0.2) is 33.2 Å². The summed E-state index contributed by atoms with van der Waals surface area (Å²) in [5.74, 6) is -0.268. The van der Waals surface area contributed by atoms with Gasteiger partial charge in [-0.15, -0.1) is 0 Å². The molecule has 1 spiro atoms. The van der Waals surface area contributed by atoms with Crippen LogP contribution in [-0.2, 0) is 24.1 Å². The summed E-state index contributed by atoms with van der Waals surface area (Å²) >= 11 is 0. The summed E-state index contributed by atoms with van der Waals surface area (Å²) in [6.45, 7) is 5.53. The number of pyridine rings is 1. The van der Waals surface area contributed by atoms with Gasteiger partial charge in [-0.3, -0.25) is 9.59 Å². The van der Waals surface area contributed by atoms with Crippen LogP contribution in [0.5, 0.6) is 0 Å². The molecule has 2 N–H and O–H groups in total. The number of amides is 1. The number of fused-ring (bicyclic) bond motifs is 4. The molecule has 6 heteroatoms. The van der Waals surface area contributed by atoms with Crippen LogP contribution in [0.15, 0.2) is 30.5 Å². The zero-order valence-corrected chi connectivity index (χ0v) is 17.6. The molecule has 5 rings (SSSR count). The third-order valence-corrected chi connectivity index (χ3v) is 6.66. The molecule has 3 heterocycles. The summed E-state index contributed by atoms with van der Waals surface area (Å²) in [6, 6.07) is 8.63. The first-order valence-electron chi connectivity index (χ1n) is 10.5. The van der Waals surface area contributed by atoms with Crippen LogP contribution in [0.3, 0.4) is 0 Å². The van der Waals surface area contributed by atoms with Gasteiger partial charge < -0.3 is 15.0 Å². The fourth-order valence-electron chi connectivity index (χ4n) is 4.98. The molecule has 1 aliphatic carbocycles. The van der Waals surface area contributed by atoms with Gasteiger partial charge in [0.2, 0.25) is 0 Å². The predicted octanol–water partition coefficient (Wildman–Crippen LogP) is 3.17. The Bertz CT molecular complexity index is 1180. The Hall–Kier alpha value is -3.15. The van der Waals surface area contributed by atoms with Crippen LogP contribution in [0.25, 0.3) is 5.65 Å². The summed E-state index contributed by atoms with van der Waals surface area (Å²) in [5, 5.41) is 6.60. The Morgan fingerprint density at radius 1 is 1.20 bits per heavy atom. The van der Waals surface area contributed by atoms with E-state index in [9.17, 15) is 9.59 Å². The number of hydrogen-bond acceptors (Lipinski definition) is 4. The van der Waals surface area contributed by atoms with Crippen LogP contribution in [0.2, 0.25) is 0 Å². The highest BCUT2D eigenvalue weighted by atomic mass is 16.2. The number of hydrogen-bond donors (Lipinski definition) is 2.